The normalized spacial score (nSPS) is 10.5. The van der Waals surface area contributed by atoms with Gasteiger partial charge in [0.15, 0.2) is 6.61 Å². The number of ether oxygens (including phenoxy) is 1. The van der Waals surface area contributed by atoms with Crippen LogP contribution in [-0.2, 0) is 4.79 Å². The molecule has 3 aromatic rings. The minimum absolute atomic E-state index is 0.212. The fourth-order valence-corrected chi connectivity index (χ4v) is 2.89. The zero-order valence-electron chi connectivity index (χ0n) is 16.3. The molecule has 0 saturated carbocycles. The molecule has 7 nitrogen and oxygen atoms in total. The van der Waals surface area contributed by atoms with E-state index < -0.39 is 17.6 Å². The first-order valence-corrected chi connectivity index (χ1v) is 8.95. The summed E-state index contributed by atoms with van der Waals surface area (Å²) in [6.07, 6.45) is 1.31. The van der Waals surface area contributed by atoms with Crippen LogP contribution in [0.4, 0.5) is 4.39 Å². The van der Waals surface area contributed by atoms with Crippen LogP contribution in [0.1, 0.15) is 27.2 Å². The third kappa shape index (κ3) is 4.78. The summed E-state index contributed by atoms with van der Waals surface area (Å²) in [7, 11) is 0. The van der Waals surface area contributed by atoms with E-state index in [1.807, 2.05) is 32.0 Å². The van der Waals surface area contributed by atoms with Crippen LogP contribution in [0.2, 0.25) is 0 Å². The summed E-state index contributed by atoms with van der Waals surface area (Å²) < 4.78 is 20.7. The number of hydrazine groups is 1. The molecule has 0 fully saturated rings. The van der Waals surface area contributed by atoms with Gasteiger partial charge in [0.05, 0.1) is 17.5 Å². The van der Waals surface area contributed by atoms with Crippen molar-refractivity contribution in [2.75, 3.05) is 6.61 Å². The van der Waals surface area contributed by atoms with Crippen LogP contribution in [0.3, 0.4) is 0 Å². The molecule has 29 heavy (non-hydrogen) atoms. The van der Waals surface area contributed by atoms with Gasteiger partial charge in [0.25, 0.3) is 11.8 Å². The Morgan fingerprint density at radius 1 is 1.07 bits per heavy atom. The first-order chi connectivity index (χ1) is 13.8. The van der Waals surface area contributed by atoms with Crippen LogP contribution in [0.5, 0.6) is 5.75 Å². The highest BCUT2D eigenvalue weighted by Gasteiger charge is 2.17. The Hall–Kier alpha value is -3.68. The molecule has 1 aromatic heterocycles. The second kappa shape index (κ2) is 8.55. The molecule has 0 aliphatic heterocycles. The smallest absolute Gasteiger partial charge is 0.276 e. The molecule has 0 unspecified atom stereocenters. The van der Waals surface area contributed by atoms with E-state index in [1.165, 1.54) is 16.9 Å². The summed E-state index contributed by atoms with van der Waals surface area (Å²) in [6.45, 7) is 5.25. The lowest BCUT2D eigenvalue weighted by Crippen LogP contribution is -2.44. The average molecular weight is 396 g/mol. The van der Waals surface area contributed by atoms with Gasteiger partial charge in [-0.05, 0) is 56.2 Å². The number of carbonyl (C=O) groups excluding carboxylic acids is 2. The highest BCUT2D eigenvalue weighted by atomic mass is 19.1. The third-order valence-electron chi connectivity index (χ3n) is 4.22. The molecular weight excluding hydrogens is 375 g/mol. The number of nitrogens with one attached hydrogen (secondary N) is 2. The number of aryl methyl sites for hydroxylation is 2. The van der Waals surface area contributed by atoms with Gasteiger partial charge in [-0.3, -0.25) is 20.4 Å². The minimum atomic E-state index is -0.565. The van der Waals surface area contributed by atoms with E-state index in [0.29, 0.717) is 11.4 Å². The second-order valence-electron chi connectivity index (χ2n) is 6.62. The maximum Gasteiger partial charge on any atom is 0.276 e. The molecule has 0 atom stereocenters. The van der Waals surface area contributed by atoms with E-state index in [9.17, 15) is 14.0 Å². The first kappa shape index (κ1) is 20.1. The van der Waals surface area contributed by atoms with Crippen molar-refractivity contribution >= 4 is 11.8 Å². The van der Waals surface area contributed by atoms with Gasteiger partial charge < -0.3 is 4.74 Å². The van der Waals surface area contributed by atoms with Crippen LogP contribution in [0, 0.1) is 26.6 Å². The van der Waals surface area contributed by atoms with Crippen LogP contribution in [-0.4, -0.2) is 28.2 Å². The quantitative estimate of drug-likeness (QED) is 0.650. The number of hydrogen-bond donors (Lipinski definition) is 2. The van der Waals surface area contributed by atoms with E-state index in [0.717, 1.165) is 11.1 Å². The Bertz CT molecular complexity index is 1040. The monoisotopic (exact) mass is 396 g/mol. The summed E-state index contributed by atoms with van der Waals surface area (Å²) in [4.78, 5) is 24.3. The average Bonchev–Trinajstić information content (AvgIpc) is 3.05. The van der Waals surface area contributed by atoms with Gasteiger partial charge in [0, 0.05) is 0 Å². The molecule has 0 spiro atoms. The van der Waals surface area contributed by atoms with E-state index in [4.69, 9.17) is 4.74 Å². The molecule has 3 rings (SSSR count). The van der Waals surface area contributed by atoms with Crippen molar-refractivity contribution < 1.29 is 18.7 Å². The summed E-state index contributed by atoms with van der Waals surface area (Å²) >= 11 is 0. The number of rotatable bonds is 5. The molecule has 2 aromatic carbocycles. The molecular formula is C21H21FN4O3. The van der Waals surface area contributed by atoms with Crippen molar-refractivity contribution in [1.29, 1.82) is 0 Å². The number of carbonyl (C=O) groups is 2. The van der Waals surface area contributed by atoms with Crippen molar-refractivity contribution in [1.82, 2.24) is 20.6 Å². The lowest BCUT2D eigenvalue weighted by Gasteiger charge is -2.10. The maximum absolute atomic E-state index is 14.0. The molecule has 2 N–H and O–H groups in total. The zero-order valence-corrected chi connectivity index (χ0v) is 16.3. The molecule has 0 radical (unpaired) electrons. The van der Waals surface area contributed by atoms with Gasteiger partial charge in [-0.25, -0.2) is 9.07 Å². The molecule has 0 saturated heterocycles. The van der Waals surface area contributed by atoms with Gasteiger partial charge in [0.1, 0.15) is 17.3 Å². The van der Waals surface area contributed by atoms with Gasteiger partial charge in [-0.2, -0.15) is 5.10 Å². The molecule has 8 heteroatoms. The van der Waals surface area contributed by atoms with Crippen LogP contribution in [0.15, 0.2) is 48.7 Å². The maximum atomic E-state index is 14.0. The molecule has 2 amide bonds. The topological polar surface area (TPSA) is 85.2 Å². The van der Waals surface area contributed by atoms with E-state index in [-0.39, 0.29) is 17.9 Å². The molecule has 1 heterocycles. The zero-order chi connectivity index (χ0) is 21.0. The molecule has 0 aliphatic rings. The fraction of sp³-hybridized carbons (Fsp3) is 0.190. The predicted molar refractivity (Wildman–Crippen MR) is 105 cm³/mol. The van der Waals surface area contributed by atoms with E-state index >= 15 is 0 Å². The number of amides is 2. The molecule has 0 bridgehead atoms. The summed E-state index contributed by atoms with van der Waals surface area (Å²) in [5.41, 5.74) is 7.54. The van der Waals surface area contributed by atoms with Crippen LogP contribution >= 0.6 is 0 Å². The Morgan fingerprint density at radius 2 is 1.76 bits per heavy atom. The Morgan fingerprint density at radius 3 is 2.45 bits per heavy atom. The Kier molecular flexibility index (Phi) is 5.92. The number of para-hydroxylation sites is 1. The second-order valence-corrected chi connectivity index (χ2v) is 6.62. The lowest BCUT2D eigenvalue weighted by atomic mass is 10.1. The van der Waals surface area contributed by atoms with Crippen molar-refractivity contribution in [3.8, 4) is 11.4 Å². The predicted octanol–water partition coefficient (Wildman–Crippen LogP) is 2.78. The Labute approximate surface area is 167 Å². The fourth-order valence-electron chi connectivity index (χ4n) is 2.89. The van der Waals surface area contributed by atoms with Crippen molar-refractivity contribution in [2.45, 2.75) is 20.8 Å². The SMILES string of the molecule is Cc1cc(C)cc(OCC(=O)NNC(=O)c2cnn(-c3ccccc3F)c2C)c1. The summed E-state index contributed by atoms with van der Waals surface area (Å²) in [5.74, 6) is -0.963. The van der Waals surface area contributed by atoms with Gasteiger partial charge >= 0.3 is 0 Å². The van der Waals surface area contributed by atoms with Crippen LogP contribution in [0.25, 0.3) is 5.69 Å². The lowest BCUT2D eigenvalue weighted by molar-refractivity contribution is -0.123. The van der Waals surface area contributed by atoms with Gasteiger partial charge in [-0.1, -0.05) is 18.2 Å². The first-order valence-electron chi connectivity index (χ1n) is 8.95. The molecule has 150 valence electrons. The third-order valence-corrected chi connectivity index (χ3v) is 4.22. The number of aromatic nitrogens is 2. The van der Waals surface area contributed by atoms with E-state index in [2.05, 4.69) is 16.0 Å². The van der Waals surface area contributed by atoms with Crippen molar-refractivity contribution in [2.24, 2.45) is 0 Å². The van der Waals surface area contributed by atoms with Gasteiger partial charge in [-0.15, -0.1) is 0 Å². The Balaban J connectivity index is 1.58. The number of hydrogen-bond acceptors (Lipinski definition) is 4. The number of nitrogens with zero attached hydrogens (tertiary/aromatic N) is 2. The van der Waals surface area contributed by atoms with E-state index in [1.54, 1.807) is 25.1 Å². The summed E-state index contributed by atoms with van der Waals surface area (Å²) in [6, 6.07) is 11.8. The minimum Gasteiger partial charge on any atom is -0.484 e. The highest BCUT2D eigenvalue weighted by Crippen LogP contribution is 2.17. The van der Waals surface area contributed by atoms with Crippen molar-refractivity contribution in [3.63, 3.8) is 0 Å². The summed E-state index contributed by atoms with van der Waals surface area (Å²) in [5, 5.41) is 4.07. The van der Waals surface area contributed by atoms with Crippen molar-refractivity contribution in [3.05, 3.63) is 76.9 Å². The number of halogens is 1. The largest absolute Gasteiger partial charge is 0.484 e. The molecule has 0 aliphatic carbocycles. The van der Waals surface area contributed by atoms with Gasteiger partial charge in [0.2, 0.25) is 0 Å². The number of benzene rings is 2. The highest BCUT2D eigenvalue weighted by molar-refractivity contribution is 5.96. The standard InChI is InChI=1S/C21H21FN4O3/c1-13-8-14(2)10-16(9-13)29-12-20(27)24-25-21(28)17-11-23-26(15(17)3)19-7-5-4-6-18(19)22/h4-11H,12H2,1-3H3,(H,24,27)(H,25,28). The van der Waals surface area contributed by atoms with Crippen LogP contribution < -0.4 is 15.6 Å².